The number of hydrazine groups is 1. The summed E-state index contributed by atoms with van der Waals surface area (Å²) in [5.41, 5.74) is 3.81. The molecule has 0 aliphatic heterocycles. The summed E-state index contributed by atoms with van der Waals surface area (Å²) in [7, 11) is 0. The molecule has 23 heavy (non-hydrogen) atoms. The number of halogens is 5. The average Bonchev–Trinajstić information content (AvgIpc) is 2.43. The number of anilines is 1. The van der Waals surface area contributed by atoms with Crippen LogP contribution < -0.4 is 10.9 Å². The van der Waals surface area contributed by atoms with Gasteiger partial charge in [-0.2, -0.15) is 13.2 Å². The van der Waals surface area contributed by atoms with E-state index in [-0.39, 0.29) is 27.1 Å². The van der Waals surface area contributed by atoms with E-state index >= 15 is 0 Å². The molecule has 1 aromatic heterocycles. The first-order chi connectivity index (χ1) is 10.7. The van der Waals surface area contributed by atoms with Crippen LogP contribution in [0.3, 0.4) is 0 Å². The van der Waals surface area contributed by atoms with Gasteiger partial charge < -0.3 is 0 Å². The van der Waals surface area contributed by atoms with Crippen molar-refractivity contribution in [1.82, 2.24) is 10.4 Å². The summed E-state index contributed by atoms with van der Waals surface area (Å²) in [6.45, 7) is 1.41. The Bertz CT molecular complexity index is 730. The van der Waals surface area contributed by atoms with Gasteiger partial charge in [-0.3, -0.25) is 15.6 Å². The Kier molecular flexibility index (Phi) is 5.01. The number of hydrogen-bond donors (Lipinski definition) is 2. The van der Waals surface area contributed by atoms with Gasteiger partial charge in [-0.15, -0.1) is 0 Å². The standard InChI is InChI=1S/C14H10Cl2F3N3O/c1-7-5-8(14(17,18)19)6-11(20-7)21-22-13(23)12-9(15)3-2-4-10(12)16/h2-6H,1H3,(H,20,21)(H,22,23). The van der Waals surface area contributed by atoms with E-state index in [1.807, 2.05) is 0 Å². The van der Waals surface area contributed by atoms with E-state index < -0.39 is 17.6 Å². The lowest BCUT2D eigenvalue weighted by Crippen LogP contribution is -2.30. The largest absolute Gasteiger partial charge is 0.416 e. The Morgan fingerprint density at radius 1 is 1.17 bits per heavy atom. The molecule has 0 unspecified atom stereocenters. The molecule has 0 atom stereocenters. The van der Waals surface area contributed by atoms with E-state index in [0.717, 1.165) is 12.1 Å². The third-order valence-corrected chi connectivity index (χ3v) is 3.40. The number of rotatable bonds is 3. The molecule has 4 nitrogen and oxygen atoms in total. The van der Waals surface area contributed by atoms with E-state index in [0.29, 0.717) is 0 Å². The number of aryl methyl sites for hydroxylation is 1. The molecule has 2 aromatic rings. The number of nitrogens with zero attached hydrogens (tertiary/aromatic N) is 1. The summed E-state index contributed by atoms with van der Waals surface area (Å²) in [6.07, 6.45) is -4.51. The van der Waals surface area contributed by atoms with Gasteiger partial charge in [0, 0.05) is 5.69 Å². The van der Waals surface area contributed by atoms with Gasteiger partial charge in [-0.05, 0) is 31.2 Å². The molecule has 0 fully saturated rings. The SMILES string of the molecule is Cc1cc(C(F)(F)F)cc(NNC(=O)c2c(Cl)cccc2Cl)n1. The molecular formula is C14H10Cl2F3N3O. The van der Waals surface area contributed by atoms with Gasteiger partial charge in [-0.25, -0.2) is 4.98 Å². The van der Waals surface area contributed by atoms with Gasteiger partial charge >= 0.3 is 6.18 Å². The average molecular weight is 364 g/mol. The van der Waals surface area contributed by atoms with Crippen molar-refractivity contribution >= 4 is 34.9 Å². The number of pyridine rings is 1. The van der Waals surface area contributed by atoms with Crippen molar-refractivity contribution in [3.05, 3.63) is 57.2 Å². The molecule has 0 radical (unpaired) electrons. The second-order valence-electron chi connectivity index (χ2n) is 4.56. The van der Waals surface area contributed by atoms with Gasteiger partial charge in [0.2, 0.25) is 0 Å². The Hall–Kier alpha value is -1.99. The number of carbonyl (C=O) groups excluding carboxylic acids is 1. The summed E-state index contributed by atoms with van der Waals surface area (Å²) in [6, 6.07) is 6.18. The first-order valence-electron chi connectivity index (χ1n) is 6.24. The fraction of sp³-hybridized carbons (Fsp3) is 0.143. The van der Waals surface area contributed by atoms with Crippen LogP contribution in [0.4, 0.5) is 19.0 Å². The number of aromatic nitrogens is 1. The monoisotopic (exact) mass is 363 g/mol. The van der Waals surface area contributed by atoms with E-state index in [4.69, 9.17) is 23.2 Å². The topological polar surface area (TPSA) is 54.0 Å². The van der Waals surface area contributed by atoms with E-state index in [1.165, 1.54) is 19.1 Å². The minimum Gasteiger partial charge on any atom is -0.282 e. The van der Waals surface area contributed by atoms with Crippen LogP contribution in [0.5, 0.6) is 0 Å². The van der Waals surface area contributed by atoms with Crippen LogP contribution in [0, 0.1) is 6.92 Å². The van der Waals surface area contributed by atoms with Crippen molar-refractivity contribution in [2.75, 3.05) is 5.43 Å². The Labute approximate surface area is 139 Å². The zero-order valence-corrected chi connectivity index (χ0v) is 13.1. The highest BCUT2D eigenvalue weighted by molar-refractivity contribution is 6.39. The number of hydrogen-bond acceptors (Lipinski definition) is 3. The fourth-order valence-electron chi connectivity index (χ4n) is 1.79. The molecule has 122 valence electrons. The number of carbonyl (C=O) groups is 1. The Morgan fingerprint density at radius 3 is 2.35 bits per heavy atom. The van der Waals surface area contributed by atoms with Crippen LogP contribution in [-0.4, -0.2) is 10.9 Å². The molecule has 1 heterocycles. The summed E-state index contributed by atoms with van der Waals surface area (Å²) >= 11 is 11.8. The molecule has 9 heteroatoms. The minimum atomic E-state index is -4.51. The first-order valence-corrected chi connectivity index (χ1v) is 7.00. The number of benzene rings is 1. The maximum absolute atomic E-state index is 12.7. The molecule has 0 spiro atoms. The van der Waals surface area contributed by atoms with Crippen LogP contribution >= 0.6 is 23.2 Å². The predicted molar refractivity (Wildman–Crippen MR) is 81.5 cm³/mol. The van der Waals surface area contributed by atoms with Crippen molar-refractivity contribution < 1.29 is 18.0 Å². The Morgan fingerprint density at radius 2 is 1.78 bits per heavy atom. The molecular weight excluding hydrogens is 354 g/mol. The zero-order chi connectivity index (χ0) is 17.2. The van der Waals surface area contributed by atoms with Crippen molar-refractivity contribution in [3.63, 3.8) is 0 Å². The maximum atomic E-state index is 12.7. The highest BCUT2D eigenvalue weighted by atomic mass is 35.5. The van der Waals surface area contributed by atoms with Crippen LogP contribution in [0.1, 0.15) is 21.6 Å². The number of amides is 1. The zero-order valence-electron chi connectivity index (χ0n) is 11.6. The molecule has 0 aliphatic rings. The highest BCUT2D eigenvalue weighted by Crippen LogP contribution is 2.30. The van der Waals surface area contributed by atoms with Gasteiger partial charge in [0.25, 0.3) is 5.91 Å². The van der Waals surface area contributed by atoms with Crippen molar-refractivity contribution in [2.24, 2.45) is 0 Å². The van der Waals surface area contributed by atoms with E-state index in [9.17, 15) is 18.0 Å². The minimum absolute atomic E-state index is 0.00651. The van der Waals surface area contributed by atoms with Gasteiger partial charge in [0.1, 0.15) is 5.82 Å². The van der Waals surface area contributed by atoms with Gasteiger partial charge in [-0.1, -0.05) is 29.3 Å². The van der Waals surface area contributed by atoms with Crippen molar-refractivity contribution in [1.29, 1.82) is 0 Å². The van der Waals surface area contributed by atoms with E-state index in [1.54, 1.807) is 6.07 Å². The molecule has 2 N–H and O–H groups in total. The summed E-state index contributed by atoms with van der Waals surface area (Å²) in [5, 5.41) is 0.231. The molecule has 1 amide bonds. The molecule has 0 saturated carbocycles. The normalized spacial score (nSPS) is 11.2. The van der Waals surface area contributed by atoms with Gasteiger partial charge in [0.05, 0.1) is 21.2 Å². The third kappa shape index (κ3) is 4.27. The number of nitrogens with one attached hydrogen (secondary N) is 2. The first kappa shape index (κ1) is 17.4. The maximum Gasteiger partial charge on any atom is 0.416 e. The van der Waals surface area contributed by atoms with Crippen LogP contribution in [0.25, 0.3) is 0 Å². The lowest BCUT2D eigenvalue weighted by atomic mass is 10.2. The summed E-state index contributed by atoms with van der Waals surface area (Å²) in [4.78, 5) is 15.9. The smallest absolute Gasteiger partial charge is 0.282 e. The fourth-order valence-corrected chi connectivity index (χ4v) is 2.36. The van der Waals surface area contributed by atoms with E-state index in [2.05, 4.69) is 15.8 Å². The second-order valence-corrected chi connectivity index (χ2v) is 5.37. The van der Waals surface area contributed by atoms with Crippen LogP contribution in [0.2, 0.25) is 10.0 Å². The van der Waals surface area contributed by atoms with Crippen LogP contribution in [-0.2, 0) is 6.18 Å². The van der Waals surface area contributed by atoms with Crippen molar-refractivity contribution in [2.45, 2.75) is 13.1 Å². The second kappa shape index (κ2) is 6.64. The summed E-state index contributed by atoms with van der Waals surface area (Å²) < 4.78 is 38.2. The lowest BCUT2D eigenvalue weighted by molar-refractivity contribution is -0.137. The summed E-state index contributed by atoms with van der Waals surface area (Å²) in [5.74, 6) is -0.855. The van der Waals surface area contributed by atoms with Crippen molar-refractivity contribution in [3.8, 4) is 0 Å². The molecule has 0 aliphatic carbocycles. The number of alkyl halides is 3. The van der Waals surface area contributed by atoms with Gasteiger partial charge in [0.15, 0.2) is 0 Å². The quantitative estimate of drug-likeness (QED) is 0.790. The molecule has 0 bridgehead atoms. The molecule has 2 rings (SSSR count). The molecule has 1 aromatic carbocycles. The molecule has 0 saturated heterocycles. The third-order valence-electron chi connectivity index (χ3n) is 2.77. The van der Waals surface area contributed by atoms with Crippen LogP contribution in [0.15, 0.2) is 30.3 Å². The lowest BCUT2D eigenvalue weighted by Gasteiger charge is -2.13. The Balaban J connectivity index is 2.18. The highest BCUT2D eigenvalue weighted by Gasteiger charge is 2.31. The predicted octanol–water partition coefficient (Wildman–Crippen LogP) is 4.47.